The monoisotopic (exact) mass is 448 g/mol. The lowest BCUT2D eigenvalue weighted by Crippen LogP contribution is -2.12. The summed E-state index contributed by atoms with van der Waals surface area (Å²) >= 11 is 2.38. The molecule has 3 aromatic rings. The highest BCUT2D eigenvalue weighted by Crippen LogP contribution is 2.41. The lowest BCUT2D eigenvalue weighted by Gasteiger charge is -2.29. The lowest BCUT2D eigenvalue weighted by atomic mass is 9.76. The fraction of sp³-hybridized carbons (Fsp3) is 0.200. The van der Waals surface area contributed by atoms with Gasteiger partial charge in [0.05, 0.1) is 0 Å². The van der Waals surface area contributed by atoms with Gasteiger partial charge in [-0.3, -0.25) is 0 Å². The van der Waals surface area contributed by atoms with Gasteiger partial charge in [0.2, 0.25) is 0 Å². The molecule has 0 aliphatic heterocycles. The molecule has 0 radical (unpaired) electrons. The highest BCUT2D eigenvalue weighted by atomic mass is 127. The van der Waals surface area contributed by atoms with Crippen LogP contribution in [0.1, 0.15) is 30.9 Å². The van der Waals surface area contributed by atoms with Gasteiger partial charge in [0, 0.05) is 3.57 Å². The van der Waals surface area contributed by atoms with Crippen molar-refractivity contribution < 1.29 is 0 Å². The Kier molecular flexibility index (Phi) is 4.00. The number of hydrogen-bond donors (Lipinski definition) is 0. The second-order valence-corrected chi connectivity index (χ2v) is 8.80. The Labute approximate surface area is 168 Å². The molecule has 2 aliphatic rings. The van der Waals surface area contributed by atoms with Crippen LogP contribution < -0.4 is 0 Å². The first-order valence-corrected chi connectivity index (χ1v) is 10.5. The van der Waals surface area contributed by atoms with Gasteiger partial charge in [-0.05, 0) is 110 Å². The van der Waals surface area contributed by atoms with Crippen LogP contribution in [0.5, 0.6) is 0 Å². The highest BCUT2D eigenvalue weighted by molar-refractivity contribution is 14.1. The van der Waals surface area contributed by atoms with Crippen LogP contribution in [0.4, 0.5) is 0 Å². The third-order valence-electron chi connectivity index (χ3n) is 5.84. The van der Waals surface area contributed by atoms with Gasteiger partial charge in [0.1, 0.15) is 0 Å². The van der Waals surface area contributed by atoms with Crippen molar-refractivity contribution in [2.45, 2.75) is 26.2 Å². The zero-order valence-corrected chi connectivity index (χ0v) is 17.1. The van der Waals surface area contributed by atoms with Crippen LogP contribution in [0.3, 0.4) is 0 Å². The molecule has 0 aromatic heterocycles. The van der Waals surface area contributed by atoms with Gasteiger partial charge in [0.25, 0.3) is 0 Å². The molecule has 0 heterocycles. The number of allylic oxidation sites excluding steroid dienone is 4. The summed E-state index contributed by atoms with van der Waals surface area (Å²) < 4.78 is 1.29. The van der Waals surface area contributed by atoms with Gasteiger partial charge in [-0.2, -0.15) is 0 Å². The molecule has 128 valence electrons. The highest BCUT2D eigenvalue weighted by Gasteiger charge is 2.23. The minimum absolute atomic E-state index is 0.642. The van der Waals surface area contributed by atoms with Crippen molar-refractivity contribution >= 4 is 38.9 Å². The van der Waals surface area contributed by atoms with Crippen LogP contribution >= 0.6 is 22.6 Å². The molecule has 1 heteroatoms. The van der Waals surface area contributed by atoms with Crippen molar-refractivity contribution in [3.05, 3.63) is 87.0 Å². The second-order valence-electron chi connectivity index (χ2n) is 7.56. The van der Waals surface area contributed by atoms with E-state index in [-0.39, 0.29) is 0 Å². The fourth-order valence-electron chi connectivity index (χ4n) is 4.50. The number of halogens is 1. The SMILES string of the molecule is C[C@H]1CC=CC2=C1c1ccc(-c3ccc4cc(I)ccc4c3)cc1CC2. The quantitative estimate of drug-likeness (QED) is 0.340. The minimum atomic E-state index is 0.642. The first kappa shape index (κ1) is 16.3. The van der Waals surface area contributed by atoms with Crippen molar-refractivity contribution in [1.82, 2.24) is 0 Å². The molecule has 0 fully saturated rings. The zero-order valence-electron chi connectivity index (χ0n) is 14.9. The van der Waals surface area contributed by atoms with Crippen LogP contribution in [0.15, 0.2) is 72.3 Å². The Morgan fingerprint density at radius 3 is 2.54 bits per heavy atom. The average molecular weight is 448 g/mol. The molecule has 0 unspecified atom stereocenters. The van der Waals surface area contributed by atoms with Crippen LogP contribution in [-0.2, 0) is 6.42 Å². The van der Waals surface area contributed by atoms with E-state index in [0.717, 1.165) is 6.42 Å². The summed E-state index contributed by atoms with van der Waals surface area (Å²) in [6, 6.07) is 20.6. The molecule has 0 nitrogen and oxygen atoms in total. The molecule has 26 heavy (non-hydrogen) atoms. The van der Waals surface area contributed by atoms with Gasteiger partial charge in [-0.1, -0.05) is 55.5 Å². The van der Waals surface area contributed by atoms with E-state index < -0.39 is 0 Å². The third kappa shape index (κ3) is 2.73. The number of benzene rings is 3. The van der Waals surface area contributed by atoms with Gasteiger partial charge >= 0.3 is 0 Å². The van der Waals surface area contributed by atoms with Gasteiger partial charge < -0.3 is 0 Å². The van der Waals surface area contributed by atoms with Gasteiger partial charge in [-0.25, -0.2) is 0 Å². The normalized spacial score (nSPS) is 18.8. The van der Waals surface area contributed by atoms with E-state index in [0.29, 0.717) is 5.92 Å². The largest absolute Gasteiger partial charge is 0.0837 e. The van der Waals surface area contributed by atoms with Crippen molar-refractivity contribution in [3.63, 3.8) is 0 Å². The Hall–Kier alpha value is -1.87. The summed E-state index contributed by atoms with van der Waals surface area (Å²) in [6.07, 6.45) is 8.22. The Morgan fingerprint density at radius 1 is 0.846 bits per heavy atom. The number of rotatable bonds is 1. The van der Waals surface area contributed by atoms with Crippen LogP contribution in [0, 0.1) is 9.49 Å². The fourth-order valence-corrected chi connectivity index (χ4v) is 5.02. The molecule has 2 aliphatic carbocycles. The standard InChI is InChI=1S/C25H21I/c1-16-3-2-4-17-5-8-22-14-20(10-12-24(22)25(16)17)18-6-7-21-15-23(26)11-9-19(21)13-18/h2,4,6-7,9-16H,3,5,8H2,1H3/t16-/m0/s1. The minimum Gasteiger partial charge on any atom is -0.0837 e. The molecule has 0 spiro atoms. The first-order valence-electron chi connectivity index (χ1n) is 9.41. The van der Waals surface area contributed by atoms with E-state index in [4.69, 9.17) is 0 Å². The van der Waals surface area contributed by atoms with Crippen molar-refractivity contribution in [2.75, 3.05) is 0 Å². The summed E-state index contributed by atoms with van der Waals surface area (Å²) in [6.45, 7) is 2.37. The van der Waals surface area contributed by atoms with Gasteiger partial charge in [0.15, 0.2) is 0 Å². The topological polar surface area (TPSA) is 0 Å². The van der Waals surface area contributed by atoms with Crippen molar-refractivity contribution in [2.24, 2.45) is 5.92 Å². The Bertz CT molecular complexity index is 1080. The molecule has 5 rings (SSSR count). The molecule has 3 aromatic carbocycles. The summed E-state index contributed by atoms with van der Waals surface area (Å²) in [4.78, 5) is 0. The number of aryl methyl sites for hydroxylation is 1. The van der Waals surface area contributed by atoms with E-state index in [1.807, 2.05) is 0 Å². The smallest absolute Gasteiger partial charge is 0.0136 e. The van der Waals surface area contributed by atoms with E-state index in [2.05, 4.69) is 96.3 Å². The first-order chi connectivity index (χ1) is 12.7. The van der Waals surface area contributed by atoms with E-state index >= 15 is 0 Å². The third-order valence-corrected chi connectivity index (χ3v) is 6.51. The van der Waals surface area contributed by atoms with E-state index in [1.54, 1.807) is 11.1 Å². The molecule has 0 N–H and O–H groups in total. The summed E-state index contributed by atoms with van der Waals surface area (Å²) in [5.74, 6) is 0.642. The maximum absolute atomic E-state index is 2.43. The van der Waals surface area contributed by atoms with Crippen molar-refractivity contribution in [3.8, 4) is 11.1 Å². The molecule has 0 bridgehead atoms. The predicted molar refractivity (Wildman–Crippen MR) is 120 cm³/mol. The Morgan fingerprint density at radius 2 is 1.62 bits per heavy atom. The van der Waals surface area contributed by atoms with E-state index in [1.165, 1.54) is 49.4 Å². The predicted octanol–water partition coefficient (Wildman–Crippen LogP) is 7.41. The number of hydrogen-bond acceptors (Lipinski definition) is 0. The number of fused-ring (bicyclic) bond motifs is 3. The van der Waals surface area contributed by atoms with Crippen LogP contribution in [0.2, 0.25) is 0 Å². The van der Waals surface area contributed by atoms with Crippen LogP contribution in [-0.4, -0.2) is 0 Å². The maximum Gasteiger partial charge on any atom is 0.0136 e. The maximum atomic E-state index is 2.43. The molecule has 1 atom stereocenters. The van der Waals surface area contributed by atoms with Crippen LogP contribution in [0.25, 0.3) is 27.5 Å². The molecule has 0 saturated heterocycles. The summed E-state index contributed by atoms with van der Waals surface area (Å²) in [5, 5.41) is 2.63. The van der Waals surface area contributed by atoms with Gasteiger partial charge in [-0.15, -0.1) is 0 Å². The van der Waals surface area contributed by atoms with Crippen molar-refractivity contribution in [1.29, 1.82) is 0 Å². The summed E-state index contributed by atoms with van der Waals surface area (Å²) in [7, 11) is 0. The zero-order chi connectivity index (χ0) is 17.7. The summed E-state index contributed by atoms with van der Waals surface area (Å²) in [5.41, 5.74) is 8.82. The second kappa shape index (κ2) is 6.38. The lowest BCUT2D eigenvalue weighted by molar-refractivity contribution is 0.731. The average Bonchev–Trinajstić information content (AvgIpc) is 2.67. The van der Waals surface area contributed by atoms with E-state index in [9.17, 15) is 0 Å². The molecule has 0 saturated carbocycles. The molecular weight excluding hydrogens is 427 g/mol. The Balaban J connectivity index is 1.59. The molecule has 0 amide bonds. The molecular formula is C25H21I.